The third kappa shape index (κ3) is 9.91. The van der Waals surface area contributed by atoms with Crippen LogP contribution in [0.25, 0.3) is 44.8 Å². The summed E-state index contributed by atoms with van der Waals surface area (Å²) in [6.07, 6.45) is 5.01. The van der Waals surface area contributed by atoms with Crippen molar-refractivity contribution < 1.29 is 38.0 Å². The zero-order valence-electron chi connectivity index (χ0n) is 32.0. The molecule has 0 atom stereocenters. The van der Waals surface area contributed by atoms with Gasteiger partial charge < -0.3 is 33.7 Å². The van der Waals surface area contributed by atoms with Gasteiger partial charge in [0, 0.05) is 24.1 Å². The standard InChI is InChI=1S/C45H47N3O8/c1-52-36-20-14-31(15-21-36)42-39(55-47-45(42)34-18-24-38(54-3)25-19-34)27-35(50)9-7-5-4-6-8-26-46-41(51)28-40-43(32-16-22-37(53-2)23-17-32)44(48-56-40)33-12-10-30(29-49)11-13-33/h10-25,49H,4-9,26-29H2,1-3H3,(H,46,51). The molecule has 56 heavy (non-hydrogen) atoms. The maximum absolute atomic E-state index is 13.1. The lowest BCUT2D eigenvalue weighted by atomic mass is 9.96. The Hall–Kier alpha value is -6.20. The van der Waals surface area contributed by atoms with E-state index in [1.54, 1.807) is 21.3 Å². The van der Waals surface area contributed by atoms with E-state index >= 15 is 0 Å². The van der Waals surface area contributed by atoms with Crippen molar-refractivity contribution in [1.82, 2.24) is 15.6 Å². The summed E-state index contributed by atoms with van der Waals surface area (Å²) in [7, 11) is 4.86. The third-order valence-corrected chi connectivity index (χ3v) is 9.69. The second-order valence-electron chi connectivity index (χ2n) is 13.5. The predicted molar refractivity (Wildman–Crippen MR) is 213 cm³/mol. The van der Waals surface area contributed by atoms with Gasteiger partial charge in [-0.3, -0.25) is 9.59 Å². The molecule has 2 N–H and O–H groups in total. The molecule has 0 bridgehead atoms. The highest BCUT2D eigenvalue weighted by molar-refractivity contribution is 5.88. The van der Waals surface area contributed by atoms with Crippen LogP contribution in [0.1, 0.15) is 55.6 Å². The zero-order valence-corrected chi connectivity index (χ0v) is 32.0. The van der Waals surface area contributed by atoms with Gasteiger partial charge in [-0.2, -0.15) is 0 Å². The van der Waals surface area contributed by atoms with Crippen LogP contribution in [0.15, 0.2) is 106 Å². The molecule has 290 valence electrons. The van der Waals surface area contributed by atoms with Gasteiger partial charge in [0.05, 0.1) is 51.9 Å². The molecule has 0 spiro atoms. The second kappa shape index (κ2) is 19.4. The summed E-state index contributed by atoms with van der Waals surface area (Å²) in [6.45, 7) is 0.483. The molecule has 1 amide bonds. The van der Waals surface area contributed by atoms with Crippen LogP contribution in [-0.2, 0) is 29.0 Å². The largest absolute Gasteiger partial charge is 0.497 e. The average molecular weight is 758 g/mol. The topological polar surface area (TPSA) is 146 Å². The van der Waals surface area contributed by atoms with Crippen LogP contribution in [0.2, 0.25) is 0 Å². The van der Waals surface area contributed by atoms with E-state index in [0.717, 1.165) is 88.3 Å². The summed E-state index contributed by atoms with van der Waals surface area (Å²) in [6, 6.07) is 30.2. The minimum atomic E-state index is -0.153. The van der Waals surface area contributed by atoms with E-state index in [1.165, 1.54) is 0 Å². The molecule has 4 aromatic carbocycles. The van der Waals surface area contributed by atoms with Crippen molar-refractivity contribution in [3.63, 3.8) is 0 Å². The van der Waals surface area contributed by atoms with E-state index in [4.69, 9.17) is 23.3 Å². The molecule has 6 rings (SSSR count). The van der Waals surface area contributed by atoms with Gasteiger partial charge in [-0.15, -0.1) is 0 Å². The Morgan fingerprint density at radius 3 is 1.48 bits per heavy atom. The quantitative estimate of drug-likeness (QED) is 0.0726. The number of methoxy groups -OCH3 is 3. The summed E-state index contributed by atoms with van der Waals surface area (Å²) in [4.78, 5) is 26.2. The molecule has 2 aromatic heterocycles. The fraction of sp³-hybridized carbons (Fsp3) is 0.289. The lowest BCUT2D eigenvalue weighted by Gasteiger charge is -2.08. The molecule has 6 aromatic rings. The number of ether oxygens (including phenoxy) is 3. The number of carbonyl (C=O) groups is 2. The number of hydrogen-bond donors (Lipinski definition) is 2. The van der Waals surface area contributed by atoms with Crippen LogP contribution in [0, 0.1) is 0 Å². The monoisotopic (exact) mass is 757 g/mol. The van der Waals surface area contributed by atoms with Crippen molar-refractivity contribution in [3.05, 3.63) is 114 Å². The van der Waals surface area contributed by atoms with E-state index in [2.05, 4.69) is 15.6 Å². The van der Waals surface area contributed by atoms with Crippen molar-refractivity contribution in [2.75, 3.05) is 27.9 Å². The summed E-state index contributed by atoms with van der Waals surface area (Å²) < 4.78 is 27.5. The Labute approximate surface area is 326 Å². The van der Waals surface area contributed by atoms with Crippen molar-refractivity contribution in [2.24, 2.45) is 0 Å². The first kappa shape index (κ1) is 39.5. The number of benzene rings is 4. The number of aromatic nitrogens is 2. The lowest BCUT2D eigenvalue weighted by Crippen LogP contribution is -2.26. The highest BCUT2D eigenvalue weighted by Gasteiger charge is 2.23. The maximum Gasteiger partial charge on any atom is 0.227 e. The van der Waals surface area contributed by atoms with Gasteiger partial charge in [0.1, 0.15) is 34.4 Å². The highest BCUT2D eigenvalue weighted by atomic mass is 16.5. The number of rotatable bonds is 20. The number of aliphatic hydroxyl groups excluding tert-OH is 1. The van der Waals surface area contributed by atoms with E-state index in [9.17, 15) is 14.7 Å². The number of Topliss-reactive ketones (excluding diaryl/α,β-unsaturated/α-hetero) is 1. The van der Waals surface area contributed by atoms with Crippen LogP contribution in [0.4, 0.5) is 0 Å². The number of amides is 1. The van der Waals surface area contributed by atoms with Gasteiger partial charge in [0.15, 0.2) is 11.5 Å². The first-order valence-corrected chi connectivity index (χ1v) is 18.8. The number of nitrogens with one attached hydrogen (secondary N) is 1. The molecule has 0 unspecified atom stereocenters. The normalized spacial score (nSPS) is 11.0. The Morgan fingerprint density at radius 2 is 1.00 bits per heavy atom. The Kier molecular flexibility index (Phi) is 13.7. The first-order chi connectivity index (χ1) is 27.4. The minimum absolute atomic E-state index is 0.0398. The summed E-state index contributed by atoms with van der Waals surface area (Å²) >= 11 is 0. The highest BCUT2D eigenvalue weighted by Crippen LogP contribution is 2.38. The van der Waals surface area contributed by atoms with Crippen LogP contribution >= 0.6 is 0 Å². The number of aliphatic hydroxyl groups is 1. The molecular weight excluding hydrogens is 711 g/mol. The number of unbranched alkanes of at least 4 members (excludes halogenated alkanes) is 4. The van der Waals surface area contributed by atoms with Crippen LogP contribution in [0.3, 0.4) is 0 Å². The second-order valence-corrected chi connectivity index (χ2v) is 13.5. The van der Waals surface area contributed by atoms with Gasteiger partial charge in [0.2, 0.25) is 5.91 Å². The van der Waals surface area contributed by atoms with Crippen LogP contribution in [-0.4, -0.2) is 55.0 Å². The zero-order chi connectivity index (χ0) is 39.3. The molecule has 0 fully saturated rings. The van der Waals surface area contributed by atoms with Crippen molar-refractivity contribution in [1.29, 1.82) is 0 Å². The molecule has 0 aliphatic carbocycles. The summed E-state index contributed by atoms with van der Waals surface area (Å²) in [5.41, 5.74) is 7.04. The van der Waals surface area contributed by atoms with Crippen molar-refractivity contribution in [2.45, 2.75) is 58.0 Å². The molecular formula is C45H47N3O8. The molecule has 0 aliphatic heterocycles. The van der Waals surface area contributed by atoms with Crippen LogP contribution < -0.4 is 19.5 Å². The number of nitrogens with zero attached hydrogens (tertiary/aromatic N) is 2. The van der Waals surface area contributed by atoms with Gasteiger partial charge in [-0.25, -0.2) is 0 Å². The van der Waals surface area contributed by atoms with E-state index in [0.29, 0.717) is 35.9 Å². The van der Waals surface area contributed by atoms with Gasteiger partial charge >= 0.3 is 0 Å². The lowest BCUT2D eigenvalue weighted by molar-refractivity contribution is -0.121. The van der Waals surface area contributed by atoms with Crippen molar-refractivity contribution >= 4 is 11.7 Å². The molecule has 0 aliphatic rings. The summed E-state index contributed by atoms with van der Waals surface area (Å²) in [5, 5.41) is 21.2. The maximum atomic E-state index is 13.1. The summed E-state index contributed by atoms with van der Waals surface area (Å²) in [5.74, 6) is 3.14. The molecule has 11 heteroatoms. The Morgan fingerprint density at radius 1 is 0.571 bits per heavy atom. The fourth-order valence-corrected chi connectivity index (χ4v) is 6.59. The third-order valence-electron chi connectivity index (χ3n) is 9.69. The average Bonchev–Trinajstić information content (AvgIpc) is 3.86. The smallest absolute Gasteiger partial charge is 0.227 e. The molecule has 2 heterocycles. The Balaban J connectivity index is 0.970. The van der Waals surface area contributed by atoms with E-state index < -0.39 is 0 Å². The fourth-order valence-electron chi connectivity index (χ4n) is 6.59. The number of ketones is 1. The molecule has 0 saturated heterocycles. The predicted octanol–water partition coefficient (Wildman–Crippen LogP) is 8.66. The SMILES string of the molecule is COc1ccc(-c2noc(CC(=O)CCCCCCCNC(=O)Cc3onc(-c4ccc(CO)cc4)c3-c3ccc(OC)cc3)c2-c2ccc(OC)cc2)cc1. The van der Waals surface area contributed by atoms with Gasteiger partial charge in [-0.1, -0.05) is 78.1 Å². The number of carbonyl (C=O) groups excluding carboxylic acids is 2. The minimum Gasteiger partial charge on any atom is -0.497 e. The van der Waals surface area contributed by atoms with Crippen LogP contribution in [0.5, 0.6) is 17.2 Å². The van der Waals surface area contributed by atoms with Gasteiger partial charge in [0.25, 0.3) is 0 Å². The first-order valence-electron chi connectivity index (χ1n) is 18.8. The number of hydrogen-bond acceptors (Lipinski definition) is 10. The Bertz CT molecular complexity index is 2010. The molecule has 0 saturated carbocycles. The van der Waals surface area contributed by atoms with E-state index in [1.807, 2.05) is 97.1 Å². The van der Waals surface area contributed by atoms with E-state index in [-0.39, 0.29) is 31.1 Å². The molecule has 0 radical (unpaired) electrons. The molecule has 11 nitrogen and oxygen atoms in total. The van der Waals surface area contributed by atoms with Crippen molar-refractivity contribution in [3.8, 4) is 62.0 Å². The van der Waals surface area contributed by atoms with Gasteiger partial charge in [-0.05, 0) is 78.1 Å².